The Morgan fingerprint density at radius 1 is 0.221 bits per heavy atom. The molecule has 0 saturated heterocycles. The summed E-state index contributed by atoms with van der Waals surface area (Å²) in [4.78, 5) is 23.7. The summed E-state index contributed by atoms with van der Waals surface area (Å²) in [5, 5.41) is 8.98. The van der Waals surface area contributed by atoms with E-state index in [9.17, 15) is 0 Å². The molecule has 0 N–H and O–H groups in total. The average molecular weight is 1220 g/mol. The Morgan fingerprint density at radius 3 is 0.958 bits per heavy atom. The van der Waals surface area contributed by atoms with Gasteiger partial charge in [-0.05, 0) is 125 Å². The number of rotatable bonds is 9. The topological polar surface area (TPSA) is 76.2 Å². The number of aryl methyl sites for hydroxylation is 4. The molecule has 448 valence electrons. The number of nitrogens with zero attached hydrogens (tertiary/aromatic N) is 9. The zero-order chi connectivity index (χ0) is 63.2. The normalized spacial score (nSPS) is 12.0. The fraction of sp³-hybridized carbons (Fsp3) is 0.0465. The molecule has 0 unspecified atom stereocenters. The van der Waals surface area contributed by atoms with Crippen LogP contribution in [-0.2, 0) is 0 Å². The average Bonchev–Trinajstić information content (AvgIpc) is 1.62. The molecule has 0 fully saturated rings. The van der Waals surface area contributed by atoms with Crippen molar-refractivity contribution < 1.29 is 0 Å². The molecule has 19 aromatic rings. The largest absolute Gasteiger partial charge is 0.308 e. The molecular formula is C86H59N9. The van der Waals surface area contributed by atoms with E-state index >= 15 is 0 Å². The van der Waals surface area contributed by atoms with Crippen molar-refractivity contribution >= 4 is 98.3 Å². The van der Waals surface area contributed by atoms with Crippen LogP contribution >= 0.6 is 0 Å². The number of hydrogen-bond acceptors (Lipinski definition) is 4. The number of imidazole rings is 1. The highest BCUT2D eigenvalue weighted by molar-refractivity contribution is 6.19. The van der Waals surface area contributed by atoms with Gasteiger partial charge in [0, 0.05) is 59.9 Å². The van der Waals surface area contributed by atoms with Gasteiger partial charge in [0.05, 0.1) is 89.0 Å². The van der Waals surface area contributed by atoms with E-state index in [1.807, 2.05) is 12.1 Å². The molecule has 0 bridgehead atoms. The third-order valence-corrected chi connectivity index (χ3v) is 19.3. The first kappa shape index (κ1) is 54.3. The minimum atomic E-state index is 0.477. The Kier molecular flexibility index (Phi) is 12.0. The van der Waals surface area contributed by atoms with Gasteiger partial charge >= 0.3 is 0 Å². The molecule has 0 aliphatic rings. The monoisotopic (exact) mass is 1220 g/mol. The van der Waals surface area contributed by atoms with Gasteiger partial charge in [-0.15, -0.1) is 0 Å². The lowest BCUT2D eigenvalue weighted by Gasteiger charge is -2.30. The van der Waals surface area contributed by atoms with Crippen molar-refractivity contribution in [2.45, 2.75) is 27.7 Å². The summed E-state index contributed by atoms with van der Waals surface area (Å²) in [6, 6.07) is 104. The molecule has 0 spiro atoms. The molecule has 0 aliphatic carbocycles. The van der Waals surface area contributed by atoms with Crippen LogP contribution < -0.4 is 0 Å². The molecule has 6 aromatic heterocycles. The fourth-order valence-electron chi connectivity index (χ4n) is 15.3. The maximum atomic E-state index is 6.14. The number of hydrogen-bond donors (Lipinski definition) is 0. The first-order valence-corrected chi connectivity index (χ1v) is 32.5. The summed E-state index contributed by atoms with van der Waals surface area (Å²) >= 11 is 0. The molecule has 9 heteroatoms. The number of benzene rings is 13. The highest BCUT2D eigenvalue weighted by atomic mass is 15.2. The van der Waals surface area contributed by atoms with E-state index in [2.05, 4.69) is 324 Å². The zero-order valence-electron chi connectivity index (χ0n) is 52.7. The number of fused-ring (bicyclic) bond motifs is 13. The van der Waals surface area contributed by atoms with Crippen LogP contribution in [0.4, 0.5) is 0 Å². The molecule has 6 heterocycles. The first-order valence-electron chi connectivity index (χ1n) is 32.5. The molecule has 0 radical (unpaired) electrons. The molecule has 0 saturated carbocycles. The van der Waals surface area contributed by atoms with E-state index in [1.165, 1.54) is 11.1 Å². The Bertz CT molecular complexity index is 6320. The van der Waals surface area contributed by atoms with Crippen LogP contribution in [0.25, 0.3) is 172 Å². The smallest absolute Gasteiger partial charge is 0.168 e. The first-order chi connectivity index (χ1) is 46.8. The predicted molar refractivity (Wildman–Crippen MR) is 393 cm³/mol. The van der Waals surface area contributed by atoms with Gasteiger partial charge in [0.15, 0.2) is 17.5 Å². The van der Waals surface area contributed by atoms with Gasteiger partial charge in [-0.3, -0.25) is 4.57 Å². The maximum absolute atomic E-state index is 6.14. The van der Waals surface area contributed by atoms with Crippen molar-refractivity contribution in [3.63, 3.8) is 0 Å². The Hall–Kier alpha value is -12.5. The minimum Gasteiger partial charge on any atom is -0.308 e. The van der Waals surface area contributed by atoms with E-state index in [0.29, 0.717) is 17.5 Å². The third kappa shape index (κ3) is 8.22. The molecule has 95 heavy (non-hydrogen) atoms. The van der Waals surface area contributed by atoms with Gasteiger partial charge in [0.1, 0.15) is 5.82 Å². The molecule has 0 aliphatic heterocycles. The van der Waals surface area contributed by atoms with Crippen LogP contribution in [0.2, 0.25) is 0 Å². The third-order valence-electron chi connectivity index (χ3n) is 19.3. The Balaban J connectivity index is 1.21. The van der Waals surface area contributed by atoms with E-state index in [4.69, 9.17) is 19.9 Å². The molecule has 0 amide bonds. The van der Waals surface area contributed by atoms with Crippen LogP contribution in [0.1, 0.15) is 22.3 Å². The summed E-state index contributed by atoms with van der Waals surface area (Å²) in [7, 11) is 0. The molecule has 0 atom stereocenters. The molecular weight excluding hydrogens is 1160 g/mol. The highest BCUT2D eigenvalue weighted by Crippen LogP contribution is 2.55. The summed E-state index contributed by atoms with van der Waals surface area (Å²) in [5.74, 6) is 2.28. The Labute approximate surface area is 547 Å². The van der Waals surface area contributed by atoms with Crippen LogP contribution in [0.3, 0.4) is 0 Å². The highest BCUT2D eigenvalue weighted by Gasteiger charge is 2.39. The van der Waals surface area contributed by atoms with Crippen molar-refractivity contribution in [3.8, 4) is 74.0 Å². The molecule has 19 rings (SSSR count). The SMILES string of the molecule is Cc1ccc2c(c1)c1ccccc1n2-c1c(-c2nc(-c3ccccc3)nc(-c3ccccc3)n2)c(-n2c3ccccc3c3cc(C)ccc32)c(-n2c3ccccc3c3cc(C)ccc32)c(-n2c3ccccc3c3cc(C)ccc32)c1-c1nc2ccccc2n1-c1ccccc1. The van der Waals surface area contributed by atoms with Crippen LogP contribution in [0.15, 0.2) is 285 Å². The van der Waals surface area contributed by atoms with Gasteiger partial charge in [-0.2, -0.15) is 0 Å². The van der Waals surface area contributed by atoms with Crippen molar-refractivity contribution in [1.29, 1.82) is 0 Å². The van der Waals surface area contributed by atoms with Crippen molar-refractivity contribution in [3.05, 3.63) is 307 Å². The van der Waals surface area contributed by atoms with Gasteiger partial charge in [-0.25, -0.2) is 19.9 Å². The lowest BCUT2D eigenvalue weighted by molar-refractivity contribution is 1.01. The van der Waals surface area contributed by atoms with Crippen LogP contribution in [-0.4, -0.2) is 42.8 Å². The minimum absolute atomic E-state index is 0.477. The predicted octanol–water partition coefficient (Wildman–Crippen LogP) is 21.5. The van der Waals surface area contributed by atoms with Gasteiger partial charge in [0.2, 0.25) is 0 Å². The van der Waals surface area contributed by atoms with E-state index < -0.39 is 0 Å². The lowest BCUT2D eigenvalue weighted by atomic mass is 9.95. The Morgan fingerprint density at radius 2 is 0.537 bits per heavy atom. The summed E-state index contributed by atoms with van der Waals surface area (Å²) in [6.07, 6.45) is 0. The summed E-state index contributed by atoms with van der Waals surface area (Å²) < 4.78 is 12.6. The van der Waals surface area contributed by atoms with Crippen LogP contribution in [0, 0.1) is 27.7 Å². The number of aromatic nitrogens is 9. The number of para-hydroxylation sites is 7. The zero-order valence-corrected chi connectivity index (χ0v) is 52.7. The van der Waals surface area contributed by atoms with Gasteiger partial charge in [-0.1, -0.05) is 210 Å². The van der Waals surface area contributed by atoms with Gasteiger partial charge < -0.3 is 18.3 Å². The maximum Gasteiger partial charge on any atom is 0.168 e. The second-order valence-corrected chi connectivity index (χ2v) is 25.3. The van der Waals surface area contributed by atoms with Crippen molar-refractivity contribution in [1.82, 2.24) is 42.8 Å². The van der Waals surface area contributed by atoms with Crippen LogP contribution in [0.5, 0.6) is 0 Å². The second-order valence-electron chi connectivity index (χ2n) is 25.3. The van der Waals surface area contributed by atoms with E-state index in [0.717, 1.165) is 166 Å². The summed E-state index contributed by atoms with van der Waals surface area (Å²) in [5.41, 5.74) is 22.4. The van der Waals surface area contributed by atoms with E-state index in [1.54, 1.807) is 0 Å². The lowest BCUT2D eigenvalue weighted by Crippen LogP contribution is -2.18. The van der Waals surface area contributed by atoms with Crippen molar-refractivity contribution in [2.75, 3.05) is 0 Å². The quantitative estimate of drug-likeness (QED) is 0.144. The summed E-state index contributed by atoms with van der Waals surface area (Å²) in [6.45, 7) is 8.79. The van der Waals surface area contributed by atoms with Gasteiger partial charge in [0.25, 0.3) is 0 Å². The molecule has 13 aromatic carbocycles. The van der Waals surface area contributed by atoms with E-state index in [-0.39, 0.29) is 0 Å². The second kappa shape index (κ2) is 21.0. The van der Waals surface area contributed by atoms with Crippen molar-refractivity contribution in [2.24, 2.45) is 0 Å². The fourth-order valence-corrected chi connectivity index (χ4v) is 15.3. The molecule has 9 nitrogen and oxygen atoms in total. The standard InChI is InChI=1S/C86H59N9/c1-52-40-44-72-63(48-52)59-30-14-19-35-68(59)92(72)79-77(85-89-83(56-24-8-5-9-25-56)88-84(90-85)57-26-10-6-11-27-57)80(93-69-36-20-15-31-60(69)64-49-53(2)41-45-73(64)93)82(95-71-38-22-17-33-62(71)66-51-55(4)43-47-75(66)95)81(94-70-37-21-16-32-61(70)65-50-54(3)42-46-74(65)94)78(79)86-87-67-34-18-23-39-76(67)91(86)58-28-12-7-13-29-58/h5-51H,1-4H3.